The fourth-order valence-electron chi connectivity index (χ4n) is 13.4. The number of hydrogen-bond acceptors (Lipinski definition) is 24. The SMILES string of the molecule is CC(C)C1(OC(=O)C2C3CC4C(OC(=O)C42)C3OC(=O)COCC(=O)OC(C)C(F)(F)S(=O)(=O)[O-])CCCCC1.CC(OC(=O)COCC(=O)OC1C2CC3C1OC(=O)C3C2C(=O)OC1(C(C)(C)C)CCCCC1)C(F)(F)S(=O)(=O)[O-]. The van der Waals surface area contributed by atoms with Crippen molar-refractivity contribution >= 4 is 68.0 Å². The summed E-state index contributed by atoms with van der Waals surface area (Å²) in [6.45, 7) is 7.42. The Morgan fingerprint density at radius 2 is 0.926 bits per heavy atom. The van der Waals surface area contributed by atoms with Gasteiger partial charge in [-0.1, -0.05) is 47.5 Å². The van der Waals surface area contributed by atoms with Crippen molar-refractivity contribution in [1.82, 2.24) is 0 Å². The Labute approximate surface area is 464 Å². The average Bonchev–Trinajstić information content (AvgIpc) is 3.53. The van der Waals surface area contributed by atoms with Crippen molar-refractivity contribution in [2.24, 2.45) is 58.7 Å². The topological polar surface area (TPSA) is 343 Å². The highest BCUT2D eigenvalue weighted by Crippen LogP contribution is 2.61. The molecule has 0 N–H and O–H groups in total. The van der Waals surface area contributed by atoms with Gasteiger partial charge >= 0.3 is 58.3 Å². The molecule has 8 fully saturated rings. The first kappa shape index (κ1) is 63.8. The van der Waals surface area contributed by atoms with E-state index in [1.54, 1.807) is 0 Å². The lowest BCUT2D eigenvalue weighted by atomic mass is 9.68. The van der Waals surface area contributed by atoms with Gasteiger partial charge in [0.2, 0.25) is 0 Å². The van der Waals surface area contributed by atoms with Crippen molar-refractivity contribution in [2.75, 3.05) is 26.4 Å². The van der Waals surface area contributed by atoms with E-state index in [4.69, 9.17) is 37.9 Å². The highest BCUT2D eigenvalue weighted by Gasteiger charge is 2.72. The molecule has 0 amide bonds. The third-order valence-corrected chi connectivity index (χ3v) is 19.7. The van der Waals surface area contributed by atoms with Crippen LogP contribution in [0.1, 0.15) is 126 Å². The molecule has 0 spiro atoms. The maximum Gasteiger partial charge on any atom is 0.370 e. The summed E-state index contributed by atoms with van der Waals surface area (Å²) in [6, 6.07) is 0. The molecule has 2 heterocycles. The maximum absolute atomic E-state index is 13.6. The summed E-state index contributed by atoms with van der Waals surface area (Å²) in [4.78, 5) is 101. The summed E-state index contributed by atoms with van der Waals surface area (Å²) in [6.07, 6.45) is 1.02. The molecule has 0 radical (unpaired) electrons. The summed E-state index contributed by atoms with van der Waals surface area (Å²) in [7, 11) is -12.2. The van der Waals surface area contributed by atoms with Crippen molar-refractivity contribution in [3.63, 3.8) is 0 Å². The predicted octanol–water partition coefficient (Wildman–Crippen LogP) is 3.78. The second kappa shape index (κ2) is 23.7. The number of fused-ring (bicyclic) bond motifs is 2. The van der Waals surface area contributed by atoms with E-state index in [9.17, 15) is 81.9 Å². The van der Waals surface area contributed by atoms with Gasteiger partial charge in [0.05, 0.1) is 23.7 Å². The smallest absolute Gasteiger partial charge is 0.370 e. The van der Waals surface area contributed by atoms with Gasteiger partial charge in [-0.2, -0.15) is 17.6 Å². The average molecular weight is 1210 g/mol. The molecule has 2 saturated heterocycles. The van der Waals surface area contributed by atoms with Gasteiger partial charge in [0.1, 0.15) is 62.0 Å². The van der Waals surface area contributed by atoms with Crippen LogP contribution >= 0.6 is 0 Å². The lowest BCUT2D eigenvalue weighted by Crippen LogP contribution is -2.51. The van der Waals surface area contributed by atoms with Crippen molar-refractivity contribution in [1.29, 1.82) is 0 Å². The van der Waals surface area contributed by atoms with Crippen molar-refractivity contribution in [3.8, 4) is 0 Å². The fourth-order valence-corrected chi connectivity index (χ4v) is 14.3. The van der Waals surface area contributed by atoms with Crippen molar-refractivity contribution in [2.45, 2.75) is 184 Å². The van der Waals surface area contributed by atoms with Gasteiger partial charge in [-0.05, 0) is 84.0 Å². The first-order chi connectivity index (χ1) is 37.5. The molecule has 14 atom stereocenters. The fraction of sp³-hybridized carbons (Fsp3) is 0.843. The number of alkyl halides is 4. The van der Waals surface area contributed by atoms with Crippen molar-refractivity contribution < 1.29 is 129 Å². The predicted molar refractivity (Wildman–Crippen MR) is 257 cm³/mol. The molecule has 6 saturated carbocycles. The molecule has 8 rings (SSSR count). The maximum atomic E-state index is 13.6. The number of halogens is 4. The summed E-state index contributed by atoms with van der Waals surface area (Å²) in [5, 5.41) is -9.72. The number of carbonyl (C=O) groups is 8. The molecule has 30 heteroatoms. The third-order valence-electron chi connectivity index (χ3n) is 17.7. The zero-order chi connectivity index (χ0) is 60.2. The molecule has 81 heavy (non-hydrogen) atoms. The van der Waals surface area contributed by atoms with Crippen LogP contribution in [0.15, 0.2) is 0 Å². The van der Waals surface area contributed by atoms with Gasteiger partial charge in [-0.25, -0.2) is 36.0 Å². The lowest BCUT2D eigenvalue weighted by Gasteiger charge is -2.47. The van der Waals surface area contributed by atoms with Crippen LogP contribution in [-0.4, -0.2) is 158 Å². The standard InChI is InChI=1S/C26H36F2O12S.C25H34F2O12S/c1-13(26(27,28)41(33,34)35)37-16(29)11-36-12-17(30)38-20-15-10-14-18(22(31)39-21(14)20)19(15)23(32)40-25(24(2,3)4)8-6-5-7-9-25;1-12(2)24(7-5-4-6-8-24)39-23(31)19-15-9-14-18(19)22(30)38-21(14)20(15)37-17(29)11-35-10-16(28)36-13(3)25(26,27)40(32,33)34/h13-15,18-21H,5-12H2,1-4H3,(H,33,34,35);12-15,18-21H,4-11H2,1-3H3,(H,32,33,34)/p-2. The van der Waals surface area contributed by atoms with Gasteiger partial charge in [-0.3, -0.25) is 19.2 Å². The second-order valence-electron chi connectivity index (χ2n) is 23.7. The van der Waals surface area contributed by atoms with E-state index >= 15 is 0 Å². The van der Waals surface area contributed by atoms with E-state index < -0.39 is 188 Å². The van der Waals surface area contributed by atoms with E-state index in [1.165, 1.54) is 0 Å². The number of carbonyl (C=O) groups excluding carboxylic acids is 8. The van der Waals surface area contributed by atoms with Crippen molar-refractivity contribution in [3.05, 3.63) is 0 Å². The second-order valence-corrected chi connectivity index (χ2v) is 26.6. The van der Waals surface area contributed by atoms with E-state index in [-0.39, 0.29) is 23.2 Å². The number of hydrogen-bond donors (Lipinski definition) is 0. The van der Waals surface area contributed by atoms with Gasteiger partial charge in [0.15, 0.2) is 32.4 Å². The Bertz CT molecular complexity index is 2660. The molecule has 0 aromatic rings. The van der Waals surface area contributed by atoms with Crippen LogP contribution in [0.25, 0.3) is 0 Å². The van der Waals surface area contributed by atoms with E-state index in [0.29, 0.717) is 39.5 Å². The molecule has 0 aromatic heterocycles. The molecular weight excluding hydrogens is 1140 g/mol. The molecule has 458 valence electrons. The first-order valence-corrected chi connectivity index (χ1v) is 29.8. The Morgan fingerprint density at radius 1 is 0.568 bits per heavy atom. The van der Waals surface area contributed by atoms with Crippen LogP contribution < -0.4 is 0 Å². The molecule has 24 nitrogen and oxygen atoms in total. The van der Waals surface area contributed by atoms with E-state index in [0.717, 1.165) is 51.4 Å². The van der Waals surface area contributed by atoms with Gasteiger partial charge in [-0.15, -0.1) is 0 Å². The van der Waals surface area contributed by atoms with Crippen LogP contribution in [0.3, 0.4) is 0 Å². The van der Waals surface area contributed by atoms with Gasteiger partial charge in [0.25, 0.3) is 0 Å². The van der Waals surface area contributed by atoms with Crippen LogP contribution in [-0.2, 0) is 106 Å². The number of esters is 8. The summed E-state index contributed by atoms with van der Waals surface area (Å²) in [5.41, 5.74) is -1.63. The van der Waals surface area contributed by atoms with Gasteiger partial charge in [0, 0.05) is 29.1 Å². The summed E-state index contributed by atoms with van der Waals surface area (Å²) < 4.78 is 170. The highest BCUT2D eigenvalue weighted by molar-refractivity contribution is 7.87. The first-order valence-electron chi connectivity index (χ1n) is 26.9. The molecule has 4 bridgehead atoms. The Hall–Kier alpha value is -4.78. The highest BCUT2D eigenvalue weighted by atomic mass is 32.2. The monoisotopic (exact) mass is 1200 g/mol. The normalized spacial score (nSPS) is 31.4. The Kier molecular flexibility index (Phi) is 18.7. The minimum Gasteiger partial charge on any atom is -0.743 e. The molecule has 0 aromatic carbocycles. The minimum atomic E-state index is -6.08. The molecule has 2 aliphatic heterocycles. The molecule has 6 aliphatic carbocycles. The molecular formula is C51H68F4O24S2-2. The number of ether oxygens (including phenoxy) is 10. The van der Waals surface area contributed by atoms with Crippen LogP contribution in [0.2, 0.25) is 0 Å². The van der Waals surface area contributed by atoms with Crippen LogP contribution in [0, 0.1) is 58.7 Å². The minimum absolute atomic E-state index is 0.0787. The van der Waals surface area contributed by atoms with E-state index in [1.807, 2.05) is 34.6 Å². The molecule has 8 aliphatic rings. The zero-order valence-corrected chi connectivity index (χ0v) is 47.2. The quantitative estimate of drug-likeness (QED) is 0.0683. The molecule has 14 unspecified atom stereocenters. The Balaban J connectivity index is 0.000000234. The largest absolute Gasteiger partial charge is 0.743 e. The summed E-state index contributed by atoms with van der Waals surface area (Å²) in [5.74, 6) is -11.6. The van der Waals surface area contributed by atoms with Crippen LogP contribution in [0.4, 0.5) is 17.6 Å². The Morgan fingerprint density at radius 3 is 1.28 bits per heavy atom. The number of rotatable bonds is 21. The lowest BCUT2D eigenvalue weighted by molar-refractivity contribution is -0.192. The summed E-state index contributed by atoms with van der Waals surface area (Å²) >= 11 is 0. The van der Waals surface area contributed by atoms with Crippen LogP contribution in [0.5, 0.6) is 0 Å². The third kappa shape index (κ3) is 12.7. The van der Waals surface area contributed by atoms with Gasteiger partial charge < -0.3 is 56.5 Å². The van der Waals surface area contributed by atoms with E-state index in [2.05, 4.69) is 9.47 Å². The zero-order valence-electron chi connectivity index (χ0n) is 45.6.